The maximum Gasteiger partial charge on any atom is 0.257 e. The second kappa shape index (κ2) is 5.32. The van der Waals surface area contributed by atoms with Crippen LogP contribution in [0.2, 0.25) is 0 Å². The van der Waals surface area contributed by atoms with Gasteiger partial charge >= 0.3 is 0 Å². The van der Waals surface area contributed by atoms with Gasteiger partial charge in [-0.15, -0.1) is 0 Å². The van der Waals surface area contributed by atoms with Crippen molar-refractivity contribution < 1.29 is 15.0 Å². The molecule has 16 heavy (non-hydrogen) atoms. The largest absolute Gasteiger partial charge is 0.507 e. The van der Waals surface area contributed by atoms with E-state index in [1.165, 1.54) is 11.0 Å². The van der Waals surface area contributed by atoms with Crippen LogP contribution in [0.25, 0.3) is 0 Å². The number of carbonyl (C=O) groups excluding carboxylic acids is 1. The number of benzene rings is 1. The number of likely N-dealkylation sites (N-methyl/N-ethyl adjacent to an activating group) is 1. The molecule has 0 saturated carbocycles. The fourth-order valence-corrected chi connectivity index (χ4v) is 1.55. The maximum atomic E-state index is 12.0. The van der Waals surface area contributed by atoms with Gasteiger partial charge in [0.2, 0.25) is 0 Å². The van der Waals surface area contributed by atoms with Crippen molar-refractivity contribution in [3.05, 3.63) is 28.2 Å². The van der Waals surface area contributed by atoms with Gasteiger partial charge in [0.1, 0.15) is 5.75 Å². The third-order valence-electron chi connectivity index (χ3n) is 2.43. The van der Waals surface area contributed by atoms with Crippen molar-refractivity contribution in [1.29, 1.82) is 0 Å². The summed E-state index contributed by atoms with van der Waals surface area (Å²) >= 11 is 3.24. The van der Waals surface area contributed by atoms with Crippen LogP contribution in [0.5, 0.6) is 5.75 Å². The molecule has 1 aromatic carbocycles. The molecule has 0 aliphatic carbocycles. The van der Waals surface area contributed by atoms with E-state index in [1.54, 1.807) is 26.1 Å². The lowest BCUT2D eigenvalue weighted by molar-refractivity contribution is 0.0679. The third-order valence-corrected chi connectivity index (χ3v) is 2.93. The second-order valence-electron chi connectivity index (χ2n) is 3.61. The highest BCUT2D eigenvalue weighted by Crippen LogP contribution is 2.23. The van der Waals surface area contributed by atoms with E-state index in [1.807, 2.05) is 0 Å². The number of hydrogen-bond donors (Lipinski definition) is 2. The molecule has 0 saturated heterocycles. The lowest BCUT2D eigenvalue weighted by atomic mass is 10.1. The molecular weight excluding hydrogens is 274 g/mol. The summed E-state index contributed by atoms with van der Waals surface area (Å²) < 4.78 is 0.721. The summed E-state index contributed by atoms with van der Waals surface area (Å²) in [6, 6.07) is 4.38. The van der Waals surface area contributed by atoms with Crippen molar-refractivity contribution in [3.63, 3.8) is 0 Å². The van der Waals surface area contributed by atoms with E-state index < -0.39 is 0 Å². The molecule has 2 N–H and O–H groups in total. The van der Waals surface area contributed by atoms with Crippen LogP contribution in [-0.4, -0.2) is 40.7 Å². The number of aliphatic hydroxyl groups excluding tert-OH is 1. The fraction of sp³-hybridized carbons (Fsp3) is 0.364. The van der Waals surface area contributed by atoms with E-state index in [9.17, 15) is 9.90 Å². The van der Waals surface area contributed by atoms with Crippen molar-refractivity contribution >= 4 is 21.8 Å². The number of aliphatic hydroxyl groups is 1. The van der Waals surface area contributed by atoms with Crippen LogP contribution in [0.1, 0.15) is 17.3 Å². The molecule has 1 rings (SSSR count). The van der Waals surface area contributed by atoms with Crippen LogP contribution in [0.15, 0.2) is 22.7 Å². The minimum absolute atomic E-state index is 0.0646. The first-order chi connectivity index (χ1) is 7.47. The van der Waals surface area contributed by atoms with E-state index in [4.69, 9.17) is 5.11 Å². The van der Waals surface area contributed by atoms with Crippen molar-refractivity contribution in [1.82, 2.24) is 4.90 Å². The first-order valence-electron chi connectivity index (χ1n) is 4.84. The number of halogens is 1. The van der Waals surface area contributed by atoms with Crippen LogP contribution in [0.4, 0.5) is 0 Å². The minimum atomic E-state index is -0.319. The van der Waals surface area contributed by atoms with Gasteiger partial charge in [-0.05, 0) is 25.1 Å². The van der Waals surface area contributed by atoms with E-state index in [0.29, 0.717) is 0 Å². The summed E-state index contributed by atoms with van der Waals surface area (Å²) in [6.45, 7) is 1.62. The molecule has 1 amide bonds. The zero-order valence-electron chi connectivity index (χ0n) is 9.14. The molecule has 0 aliphatic rings. The van der Waals surface area contributed by atoms with Crippen molar-refractivity contribution in [2.45, 2.75) is 13.0 Å². The van der Waals surface area contributed by atoms with Crippen LogP contribution >= 0.6 is 15.9 Å². The number of phenols is 1. The molecule has 5 heteroatoms. The van der Waals surface area contributed by atoms with Gasteiger partial charge in [0.25, 0.3) is 5.91 Å². The predicted molar refractivity (Wildman–Crippen MR) is 64.4 cm³/mol. The average molecular weight is 288 g/mol. The molecule has 1 aromatic rings. The molecule has 88 valence electrons. The summed E-state index contributed by atoms with van der Waals surface area (Å²) in [5, 5.41) is 18.5. The summed E-state index contributed by atoms with van der Waals surface area (Å²) in [6.07, 6.45) is 0. The molecule has 0 spiro atoms. The number of amides is 1. The number of hydrogen-bond acceptors (Lipinski definition) is 3. The Morgan fingerprint density at radius 3 is 2.75 bits per heavy atom. The Kier molecular flexibility index (Phi) is 4.32. The molecule has 0 fully saturated rings. The van der Waals surface area contributed by atoms with Gasteiger partial charge < -0.3 is 15.1 Å². The first kappa shape index (κ1) is 13.0. The summed E-state index contributed by atoms with van der Waals surface area (Å²) in [5.41, 5.74) is 0.220. The van der Waals surface area contributed by atoms with Gasteiger partial charge in [-0.2, -0.15) is 0 Å². The molecular formula is C11H14BrNO3. The van der Waals surface area contributed by atoms with Gasteiger partial charge in [0, 0.05) is 11.5 Å². The number of rotatable bonds is 3. The number of carbonyl (C=O) groups is 1. The summed E-state index contributed by atoms with van der Waals surface area (Å²) in [5.74, 6) is -0.384. The number of nitrogens with zero attached hydrogens (tertiary/aromatic N) is 1. The van der Waals surface area contributed by atoms with Crippen molar-refractivity contribution in [2.75, 3.05) is 13.7 Å². The average Bonchev–Trinajstić information content (AvgIpc) is 2.29. The number of aromatic hydroxyl groups is 1. The Balaban J connectivity index is 3.00. The van der Waals surface area contributed by atoms with Crippen molar-refractivity contribution in [3.8, 4) is 5.75 Å². The summed E-state index contributed by atoms with van der Waals surface area (Å²) in [7, 11) is 1.59. The number of phenolic OH excluding ortho intramolecular Hbond substituents is 1. The van der Waals surface area contributed by atoms with Crippen LogP contribution < -0.4 is 0 Å². The Labute approximate surface area is 103 Å². The van der Waals surface area contributed by atoms with Crippen molar-refractivity contribution in [2.24, 2.45) is 0 Å². The Hall–Kier alpha value is -1.07. The van der Waals surface area contributed by atoms with E-state index >= 15 is 0 Å². The molecule has 0 radical (unpaired) electrons. The van der Waals surface area contributed by atoms with Gasteiger partial charge in [0.05, 0.1) is 18.2 Å². The van der Waals surface area contributed by atoms with Crippen LogP contribution in [-0.2, 0) is 0 Å². The standard InChI is InChI=1S/C11H14BrNO3/c1-7(6-14)13(2)11(16)9-5-8(12)3-4-10(9)15/h3-5,7,14-15H,6H2,1-2H3. The molecule has 0 aromatic heterocycles. The fourth-order valence-electron chi connectivity index (χ4n) is 1.19. The normalized spacial score (nSPS) is 12.2. The Bertz CT molecular complexity index is 395. The highest BCUT2D eigenvalue weighted by atomic mass is 79.9. The highest BCUT2D eigenvalue weighted by molar-refractivity contribution is 9.10. The van der Waals surface area contributed by atoms with Crippen LogP contribution in [0.3, 0.4) is 0 Å². The minimum Gasteiger partial charge on any atom is -0.507 e. The highest BCUT2D eigenvalue weighted by Gasteiger charge is 2.19. The monoisotopic (exact) mass is 287 g/mol. The lowest BCUT2D eigenvalue weighted by Gasteiger charge is -2.23. The SMILES string of the molecule is CC(CO)N(C)C(=O)c1cc(Br)ccc1O. The van der Waals surface area contributed by atoms with E-state index in [-0.39, 0.29) is 29.9 Å². The Morgan fingerprint density at radius 2 is 2.19 bits per heavy atom. The maximum absolute atomic E-state index is 12.0. The molecule has 0 bridgehead atoms. The van der Waals surface area contributed by atoms with Gasteiger partial charge in [-0.25, -0.2) is 0 Å². The lowest BCUT2D eigenvalue weighted by Crippen LogP contribution is -2.37. The zero-order chi connectivity index (χ0) is 12.3. The van der Waals surface area contributed by atoms with Gasteiger partial charge in [-0.3, -0.25) is 4.79 Å². The third kappa shape index (κ3) is 2.74. The smallest absolute Gasteiger partial charge is 0.257 e. The van der Waals surface area contributed by atoms with Crippen LogP contribution in [0, 0.1) is 0 Å². The topological polar surface area (TPSA) is 60.8 Å². The molecule has 0 aliphatic heterocycles. The van der Waals surface area contributed by atoms with Gasteiger partial charge in [0.15, 0.2) is 0 Å². The molecule has 4 nitrogen and oxygen atoms in total. The zero-order valence-corrected chi connectivity index (χ0v) is 10.7. The first-order valence-corrected chi connectivity index (χ1v) is 5.63. The predicted octanol–water partition coefficient (Wildman–Crippen LogP) is 1.61. The van der Waals surface area contributed by atoms with E-state index in [2.05, 4.69) is 15.9 Å². The molecule has 0 heterocycles. The van der Waals surface area contributed by atoms with E-state index in [0.717, 1.165) is 4.47 Å². The Morgan fingerprint density at radius 1 is 1.56 bits per heavy atom. The summed E-state index contributed by atoms with van der Waals surface area (Å²) in [4.78, 5) is 13.3. The second-order valence-corrected chi connectivity index (χ2v) is 4.52. The molecule has 1 unspecified atom stereocenters. The molecule has 1 atom stereocenters. The quantitative estimate of drug-likeness (QED) is 0.888. The van der Waals surface area contributed by atoms with Gasteiger partial charge in [-0.1, -0.05) is 15.9 Å².